The lowest BCUT2D eigenvalue weighted by Crippen LogP contribution is -2.40. The monoisotopic (exact) mass is 338 g/mol. The third-order valence-electron chi connectivity index (χ3n) is 3.96. The van der Waals surface area contributed by atoms with E-state index in [0.717, 1.165) is 10.0 Å². The first kappa shape index (κ1) is 15.0. The fourth-order valence-electron chi connectivity index (χ4n) is 2.60. The summed E-state index contributed by atoms with van der Waals surface area (Å²) in [5.41, 5.74) is 1.20. The molecule has 1 heterocycles. The molecule has 5 heteroatoms. The van der Waals surface area contributed by atoms with E-state index in [9.17, 15) is 9.59 Å². The van der Waals surface area contributed by atoms with Gasteiger partial charge in [0.25, 0.3) is 5.91 Å². The molecule has 1 saturated heterocycles. The van der Waals surface area contributed by atoms with Gasteiger partial charge in [-0.1, -0.05) is 12.1 Å². The predicted octanol–water partition coefficient (Wildman–Crippen LogP) is 2.36. The number of carbonyl (C=O) groups excluding carboxylic acids is 2. The Kier molecular flexibility index (Phi) is 4.18. The van der Waals surface area contributed by atoms with Crippen LogP contribution in [0.4, 0.5) is 0 Å². The number of nitrogens with one attached hydrogen (secondary N) is 1. The smallest absolute Gasteiger partial charge is 0.255 e. The lowest BCUT2D eigenvalue weighted by atomic mass is 9.89. The van der Waals surface area contributed by atoms with Gasteiger partial charge in [0.15, 0.2) is 0 Å². The van der Waals surface area contributed by atoms with Crippen molar-refractivity contribution >= 4 is 27.7 Å². The molecule has 1 aliphatic heterocycles. The molecular formula is C15H19BrN2O2. The van der Waals surface area contributed by atoms with Crippen LogP contribution >= 0.6 is 15.9 Å². The molecule has 1 aliphatic rings. The Hall–Kier alpha value is -1.36. The number of halogens is 1. The van der Waals surface area contributed by atoms with Gasteiger partial charge in [-0.3, -0.25) is 9.59 Å². The van der Waals surface area contributed by atoms with E-state index in [1.807, 2.05) is 32.0 Å². The summed E-state index contributed by atoms with van der Waals surface area (Å²) < 4.78 is 0.832. The second-order valence-electron chi connectivity index (χ2n) is 5.55. The second kappa shape index (κ2) is 5.56. The van der Waals surface area contributed by atoms with Crippen LogP contribution in [0.25, 0.3) is 0 Å². The van der Waals surface area contributed by atoms with E-state index < -0.39 is 5.41 Å². The van der Waals surface area contributed by atoms with E-state index in [-0.39, 0.29) is 11.8 Å². The molecule has 1 N–H and O–H groups in total. The van der Waals surface area contributed by atoms with Gasteiger partial charge in [0, 0.05) is 24.6 Å². The molecule has 1 aromatic rings. The van der Waals surface area contributed by atoms with Crippen LogP contribution in [0.3, 0.4) is 0 Å². The molecule has 1 fully saturated rings. The summed E-state index contributed by atoms with van der Waals surface area (Å²) in [5.74, 6) is -0.0238. The summed E-state index contributed by atoms with van der Waals surface area (Å²) in [7, 11) is 1.63. The fourth-order valence-corrected chi connectivity index (χ4v) is 3.04. The predicted molar refractivity (Wildman–Crippen MR) is 81.6 cm³/mol. The van der Waals surface area contributed by atoms with E-state index in [1.165, 1.54) is 0 Å². The molecule has 1 unspecified atom stereocenters. The normalized spacial score (nSPS) is 21.9. The Balaban J connectivity index is 2.20. The summed E-state index contributed by atoms with van der Waals surface area (Å²) in [5, 5.41) is 2.68. The number of amides is 2. The van der Waals surface area contributed by atoms with Gasteiger partial charge in [-0.05, 0) is 47.8 Å². The topological polar surface area (TPSA) is 49.4 Å². The summed E-state index contributed by atoms with van der Waals surface area (Å²) in [6.45, 7) is 4.94. The van der Waals surface area contributed by atoms with Gasteiger partial charge in [0.1, 0.15) is 0 Å². The number of carbonyl (C=O) groups is 2. The van der Waals surface area contributed by atoms with Crippen LogP contribution in [-0.4, -0.2) is 36.9 Å². The number of rotatable bonds is 2. The zero-order valence-corrected chi connectivity index (χ0v) is 13.6. The summed E-state index contributed by atoms with van der Waals surface area (Å²) in [6.07, 6.45) is 0.696. The molecule has 0 aromatic heterocycles. The van der Waals surface area contributed by atoms with E-state index in [1.54, 1.807) is 11.9 Å². The molecule has 2 rings (SSSR count). The van der Waals surface area contributed by atoms with Crippen LogP contribution in [0.2, 0.25) is 0 Å². The summed E-state index contributed by atoms with van der Waals surface area (Å²) in [6, 6.07) is 5.65. The molecule has 0 aliphatic carbocycles. The largest absolute Gasteiger partial charge is 0.359 e. The Labute approximate surface area is 127 Å². The maximum absolute atomic E-state index is 12.6. The molecule has 0 spiro atoms. The quantitative estimate of drug-likeness (QED) is 0.899. The summed E-state index contributed by atoms with van der Waals surface area (Å²) >= 11 is 3.47. The first-order chi connectivity index (χ1) is 9.39. The Morgan fingerprint density at radius 1 is 1.40 bits per heavy atom. The van der Waals surface area contributed by atoms with Crippen LogP contribution in [-0.2, 0) is 4.79 Å². The van der Waals surface area contributed by atoms with E-state index >= 15 is 0 Å². The SMILES string of the molecule is CNC(=O)C1(C)CCN(C(=O)c2cccc(C)c2Br)C1. The fraction of sp³-hybridized carbons (Fsp3) is 0.467. The first-order valence-corrected chi connectivity index (χ1v) is 7.45. The van der Waals surface area contributed by atoms with Crippen molar-refractivity contribution in [3.05, 3.63) is 33.8 Å². The minimum absolute atomic E-state index is 0.00360. The molecule has 108 valence electrons. The van der Waals surface area contributed by atoms with Crippen LogP contribution in [0.1, 0.15) is 29.3 Å². The average molecular weight is 339 g/mol. The second-order valence-corrected chi connectivity index (χ2v) is 6.35. The van der Waals surface area contributed by atoms with Crippen molar-refractivity contribution in [3.63, 3.8) is 0 Å². The van der Waals surface area contributed by atoms with Crippen LogP contribution in [0, 0.1) is 12.3 Å². The van der Waals surface area contributed by atoms with Crippen molar-refractivity contribution < 1.29 is 9.59 Å². The molecule has 1 atom stereocenters. The maximum Gasteiger partial charge on any atom is 0.255 e. The third kappa shape index (κ3) is 2.59. The zero-order chi connectivity index (χ0) is 14.9. The molecule has 1 aromatic carbocycles. The van der Waals surface area contributed by atoms with Crippen molar-refractivity contribution in [2.45, 2.75) is 20.3 Å². The average Bonchev–Trinajstić information content (AvgIpc) is 2.84. The number of hydrogen-bond acceptors (Lipinski definition) is 2. The first-order valence-electron chi connectivity index (χ1n) is 6.65. The minimum atomic E-state index is -0.485. The molecule has 0 saturated carbocycles. The minimum Gasteiger partial charge on any atom is -0.359 e. The Morgan fingerprint density at radius 2 is 2.10 bits per heavy atom. The number of benzene rings is 1. The van der Waals surface area contributed by atoms with Crippen molar-refractivity contribution in [1.29, 1.82) is 0 Å². The van der Waals surface area contributed by atoms with E-state index in [4.69, 9.17) is 0 Å². The van der Waals surface area contributed by atoms with Gasteiger partial charge in [-0.2, -0.15) is 0 Å². The van der Waals surface area contributed by atoms with E-state index in [2.05, 4.69) is 21.2 Å². The number of nitrogens with zero attached hydrogens (tertiary/aromatic N) is 1. The number of likely N-dealkylation sites (tertiary alicyclic amines) is 1. The van der Waals surface area contributed by atoms with Crippen LogP contribution in [0.5, 0.6) is 0 Å². The molecule has 20 heavy (non-hydrogen) atoms. The van der Waals surface area contributed by atoms with Crippen molar-refractivity contribution in [1.82, 2.24) is 10.2 Å². The highest BCUT2D eigenvalue weighted by Crippen LogP contribution is 2.32. The molecule has 0 bridgehead atoms. The highest BCUT2D eigenvalue weighted by atomic mass is 79.9. The van der Waals surface area contributed by atoms with Gasteiger partial charge in [0.2, 0.25) is 5.91 Å². The van der Waals surface area contributed by atoms with Crippen molar-refractivity contribution in [2.24, 2.45) is 5.41 Å². The molecule has 0 radical (unpaired) electrons. The van der Waals surface area contributed by atoms with Crippen LogP contribution in [0.15, 0.2) is 22.7 Å². The lowest BCUT2D eigenvalue weighted by molar-refractivity contribution is -0.128. The standard InChI is InChI=1S/C15H19BrN2O2/c1-10-5-4-6-11(12(10)16)13(19)18-8-7-15(2,9-18)14(20)17-3/h4-6H,7-9H2,1-3H3,(H,17,20). The zero-order valence-electron chi connectivity index (χ0n) is 12.0. The molecule has 4 nitrogen and oxygen atoms in total. The molecular weight excluding hydrogens is 320 g/mol. The van der Waals surface area contributed by atoms with Crippen molar-refractivity contribution in [3.8, 4) is 0 Å². The Bertz CT molecular complexity index is 559. The van der Waals surface area contributed by atoms with Crippen LogP contribution < -0.4 is 5.32 Å². The summed E-state index contributed by atoms with van der Waals surface area (Å²) in [4.78, 5) is 26.2. The molecule has 2 amide bonds. The maximum atomic E-state index is 12.6. The van der Waals surface area contributed by atoms with Gasteiger partial charge in [0.05, 0.1) is 11.0 Å². The van der Waals surface area contributed by atoms with Crippen molar-refractivity contribution in [2.75, 3.05) is 20.1 Å². The van der Waals surface area contributed by atoms with E-state index in [0.29, 0.717) is 25.1 Å². The van der Waals surface area contributed by atoms with Gasteiger partial charge in [-0.15, -0.1) is 0 Å². The highest BCUT2D eigenvalue weighted by Gasteiger charge is 2.41. The Morgan fingerprint density at radius 3 is 2.75 bits per heavy atom. The van der Waals surface area contributed by atoms with Gasteiger partial charge in [-0.25, -0.2) is 0 Å². The highest BCUT2D eigenvalue weighted by molar-refractivity contribution is 9.10. The number of hydrogen-bond donors (Lipinski definition) is 1. The third-order valence-corrected chi connectivity index (χ3v) is 5.01. The van der Waals surface area contributed by atoms with Gasteiger partial charge < -0.3 is 10.2 Å². The van der Waals surface area contributed by atoms with Gasteiger partial charge >= 0.3 is 0 Å². The lowest BCUT2D eigenvalue weighted by Gasteiger charge is -2.23. The number of aryl methyl sites for hydroxylation is 1.